The van der Waals surface area contributed by atoms with Crippen molar-refractivity contribution in [1.29, 1.82) is 0 Å². The zero-order valence-corrected chi connectivity index (χ0v) is 35.2. The molecule has 0 aromatic carbocycles. The van der Waals surface area contributed by atoms with Crippen molar-refractivity contribution in [3.8, 4) is 0 Å². The first kappa shape index (κ1) is 51.1. The number of hydrogen-bond acceptors (Lipinski definition) is 5. The summed E-state index contributed by atoms with van der Waals surface area (Å²) in [5.41, 5.74) is 0. The molecule has 0 heterocycles. The van der Waals surface area contributed by atoms with E-state index in [0.29, 0.717) is 13.0 Å². The van der Waals surface area contributed by atoms with Crippen molar-refractivity contribution < 1.29 is 23.8 Å². The zero-order valence-electron chi connectivity index (χ0n) is 35.2. The van der Waals surface area contributed by atoms with Gasteiger partial charge in [-0.25, -0.2) is 0 Å². The lowest BCUT2D eigenvalue weighted by Crippen LogP contribution is -2.30. The third-order valence-electron chi connectivity index (χ3n) is 8.95. The van der Waals surface area contributed by atoms with Crippen LogP contribution in [0.25, 0.3) is 0 Å². The Labute approximate surface area is 333 Å². The van der Waals surface area contributed by atoms with Gasteiger partial charge in [-0.3, -0.25) is 9.59 Å². The van der Waals surface area contributed by atoms with Crippen LogP contribution in [0.4, 0.5) is 0 Å². The van der Waals surface area contributed by atoms with Gasteiger partial charge in [0.05, 0.1) is 13.0 Å². The predicted octanol–water partition coefficient (Wildman–Crippen LogP) is 14.6. The van der Waals surface area contributed by atoms with E-state index in [4.69, 9.17) is 14.2 Å². The Morgan fingerprint density at radius 1 is 0.444 bits per heavy atom. The standard InChI is InChI=1S/C49H82O5/c1-4-7-10-13-16-18-20-22-24-26-28-30-32-35-38-41-44-52-45-47(54-49(51)43-40-37-33-15-12-9-6-3)46-53-48(50)42-39-36-34-31-29-27-25-23-21-19-17-14-11-8-5-2/h8,11,16-19,22-25,29,31,36,39,47H,4-7,9-10,12-15,20-21,26-28,30,32-35,37-38,40-46H2,1-3H3/b11-8-,18-16-,19-17-,24-22-,25-23-,31-29-,39-36-. The van der Waals surface area contributed by atoms with E-state index >= 15 is 0 Å². The molecule has 0 N–H and O–H groups in total. The van der Waals surface area contributed by atoms with Crippen LogP contribution in [0.2, 0.25) is 0 Å². The van der Waals surface area contributed by atoms with Crippen LogP contribution < -0.4 is 0 Å². The predicted molar refractivity (Wildman–Crippen MR) is 233 cm³/mol. The molecule has 0 bridgehead atoms. The van der Waals surface area contributed by atoms with Crippen LogP contribution in [-0.4, -0.2) is 37.9 Å². The Balaban J connectivity index is 4.32. The Kier molecular flexibility index (Phi) is 42.1. The average Bonchev–Trinajstić information content (AvgIpc) is 3.17. The van der Waals surface area contributed by atoms with E-state index in [1.54, 1.807) is 0 Å². The minimum absolute atomic E-state index is 0.0238. The van der Waals surface area contributed by atoms with Crippen LogP contribution in [0, 0.1) is 0 Å². The summed E-state index contributed by atoms with van der Waals surface area (Å²) in [5, 5.41) is 0. The summed E-state index contributed by atoms with van der Waals surface area (Å²) in [5.74, 6) is -0.561. The molecule has 0 aliphatic rings. The van der Waals surface area contributed by atoms with E-state index in [1.165, 1.54) is 83.5 Å². The van der Waals surface area contributed by atoms with Crippen molar-refractivity contribution in [3.63, 3.8) is 0 Å². The maximum atomic E-state index is 12.6. The van der Waals surface area contributed by atoms with Crippen LogP contribution >= 0.6 is 0 Å². The molecule has 54 heavy (non-hydrogen) atoms. The third-order valence-corrected chi connectivity index (χ3v) is 8.95. The monoisotopic (exact) mass is 751 g/mol. The Morgan fingerprint density at radius 3 is 1.46 bits per heavy atom. The summed E-state index contributed by atoms with van der Waals surface area (Å²) in [4.78, 5) is 25.0. The summed E-state index contributed by atoms with van der Waals surface area (Å²) in [6, 6.07) is 0. The number of rotatable bonds is 39. The largest absolute Gasteiger partial charge is 0.461 e. The minimum atomic E-state index is -0.580. The van der Waals surface area contributed by atoms with E-state index in [9.17, 15) is 9.59 Å². The topological polar surface area (TPSA) is 61.8 Å². The molecule has 1 atom stereocenters. The van der Waals surface area contributed by atoms with Crippen molar-refractivity contribution in [3.05, 3.63) is 85.1 Å². The molecule has 0 saturated heterocycles. The molecule has 5 nitrogen and oxygen atoms in total. The molecule has 0 amide bonds. The minimum Gasteiger partial charge on any atom is -0.461 e. The van der Waals surface area contributed by atoms with Crippen molar-refractivity contribution >= 4 is 11.9 Å². The highest BCUT2D eigenvalue weighted by Crippen LogP contribution is 2.11. The molecule has 0 spiro atoms. The lowest BCUT2D eigenvalue weighted by Gasteiger charge is -2.18. The first-order chi connectivity index (χ1) is 26.6. The van der Waals surface area contributed by atoms with Gasteiger partial charge in [-0.2, -0.15) is 0 Å². The van der Waals surface area contributed by atoms with Gasteiger partial charge in [0.1, 0.15) is 6.61 Å². The fourth-order valence-electron chi connectivity index (χ4n) is 5.67. The van der Waals surface area contributed by atoms with Gasteiger partial charge in [0, 0.05) is 13.0 Å². The highest BCUT2D eigenvalue weighted by atomic mass is 16.6. The number of unbranched alkanes of at least 4 members (excludes halogenated alkanes) is 15. The van der Waals surface area contributed by atoms with E-state index < -0.39 is 6.10 Å². The second-order valence-corrected chi connectivity index (χ2v) is 14.2. The van der Waals surface area contributed by atoms with Gasteiger partial charge in [0.25, 0.3) is 0 Å². The molecule has 1 unspecified atom stereocenters. The zero-order chi connectivity index (χ0) is 39.3. The average molecular weight is 751 g/mol. The molecule has 0 aromatic rings. The summed E-state index contributed by atoms with van der Waals surface area (Å²) in [6.45, 7) is 7.50. The molecule has 0 fully saturated rings. The van der Waals surface area contributed by atoms with Gasteiger partial charge in [-0.15, -0.1) is 0 Å². The Hall–Kier alpha value is -2.92. The fourth-order valence-corrected chi connectivity index (χ4v) is 5.67. The molecule has 0 radical (unpaired) electrons. The third kappa shape index (κ3) is 41.8. The number of ether oxygens (including phenoxy) is 3. The molecule has 0 rings (SSSR count). The molecule has 0 aliphatic heterocycles. The van der Waals surface area contributed by atoms with Crippen LogP contribution in [0.5, 0.6) is 0 Å². The van der Waals surface area contributed by atoms with Crippen LogP contribution in [-0.2, 0) is 23.8 Å². The van der Waals surface area contributed by atoms with E-state index in [2.05, 4.69) is 93.7 Å². The highest BCUT2D eigenvalue weighted by molar-refractivity contribution is 5.71. The fraction of sp³-hybridized carbons (Fsp3) is 0.673. The maximum absolute atomic E-state index is 12.6. The van der Waals surface area contributed by atoms with Crippen LogP contribution in [0.1, 0.15) is 188 Å². The summed E-state index contributed by atoms with van der Waals surface area (Å²) in [6.07, 6.45) is 57.6. The second-order valence-electron chi connectivity index (χ2n) is 14.2. The van der Waals surface area contributed by atoms with Gasteiger partial charge in [-0.05, 0) is 77.0 Å². The first-order valence-electron chi connectivity index (χ1n) is 22.1. The van der Waals surface area contributed by atoms with Gasteiger partial charge in [0.2, 0.25) is 0 Å². The van der Waals surface area contributed by atoms with E-state index in [0.717, 1.165) is 70.6 Å². The summed E-state index contributed by atoms with van der Waals surface area (Å²) in [7, 11) is 0. The van der Waals surface area contributed by atoms with E-state index in [1.807, 2.05) is 12.2 Å². The summed E-state index contributed by atoms with van der Waals surface area (Å²) >= 11 is 0. The number of hydrogen-bond donors (Lipinski definition) is 0. The number of esters is 2. The van der Waals surface area contributed by atoms with Crippen molar-refractivity contribution in [2.24, 2.45) is 0 Å². The first-order valence-corrected chi connectivity index (χ1v) is 22.1. The number of carbonyl (C=O) groups is 2. The lowest BCUT2D eigenvalue weighted by molar-refractivity contribution is -0.162. The van der Waals surface area contributed by atoms with Gasteiger partial charge in [-0.1, -0.05) is 183 Å². The quantitative estimate of drug-likeness (QED) is 0.0356. The molecule has 0 aromatic heterocycles. The van der Waals surface area contributed by atoms with E-state index in [-0.39, 0.29) is 31.6 Å². The maximum Gasteiger partial charge on any atom is 0.309 e. The highest BCUT2D eigenvalue weighted by Gasteiger charge is 2.17. The van der Waals surface area contributed by atoms with Crippen LogP contribution in [0.15, 0.2) is 85.1 Å². The normalized spacial score (nSPS) is 13.0. The summed E-state index contributed by atoms with van der Waals surface area (Å²) < 4.78 is 17.1. The molecule has 0 saturated carbocycles. The second kappa shape index (κ2) is 44.5. The smallest absolute Gasteiger partial charge is 0.309 e. The van der Waals surface area contributed by atoms with Crippen LogP contribution in [0.3, 0.4) is 0 Å². The van der Waals surface area contributed by atoms with Gasteiger partial charge >= 0.3 is 11.9 Å². The Bertz CT molecular complexity index is 1030. The van der Waals surface area contributed by atoms with Gasteiger partial charge in [0.15, 0.2) is 6.10 Å². The Morgan fingerprint density at radius 2 is 0.889 bits per heavy atom. The SMILES string of the molecule is CC/C=C\C/C=C\C/C=C\C/C=C\C/C=C\CC(=O)OCC(COCCCCCCCC/C=C\C/C=C\CCCCC)OC(=O)CCCCCCCCC. The van der Waals surface area contributed by atoms with Crippen molar-refractivity contribution in [2.45, 2.75) is 194 Å². The lowest BCUT2D eigenvalue weighted by atomic mass is 10.1. The van der Waals surface area contributed by atoms with Crippen molar-refractivity contribution in [2.75, 3.05) is 19.8 Å². The number of carbonyl (C=O) groups excluding carboxylic acids is 2. The number of allylic oxidation sites excluding steroid dienone is 13. The molecular weight excluding hydrogens is 669 g/mol. The van der Waals surface area contributed by atoms with Gasteiger partial charge < -0.3 is 14.2 Å². The molecule has 5 heteroatoms. The van der Waals surface area contributed by atoms with Crippen molar-refractivity contribution in [1.82, 2.24) is 0 Å². The molecular formula is C49H82O5. The molecule has 308 valence electrons. The molecule has 0 aliphatic carbocycles.